The van der Waals surface area contributed by atoms with Crippen molar-refractivity contribution in [1.29, 1.82) is 0 Å². The molecule has 3 rings (SSSR count). The molecule has 1 amide bonds. The number of hydrogen-bond donors (Lipinski definition) is 2. The van der Waals surface area contributed by atoms with Crippen LogP contribution in [0.3, 0.4) is 0 Å². The van der Waals surface area contributed by atoms with Crippen molar-refractivity contribution in [2.75, 3.05) is 17.7 Å². The van der Waals surface area contributed by atoms with Gasteiger partial charge in [-0.2, -0.15) is 0 Å². The van der Waals surface area contributed by atoms with Gasteiger partial charge in [0.05, 0.1) is 17.7 Å². The van der Waals surface area contributed by atoms with Crippen LogP contribution in [0.2, 0.25) is 5.02 Å². The van der Waals surface area contributed by atoms with Crippen LogP contribution < -0.4 is 15.4 Å². The first-order valence-electron chi connectivity index (χ1n) is 8.31. The maximum Gasteiger partial charge on any atom is 0.258 e. The molecule has 142 valence electrons. The molecule has 0 aliphatic rings. The fourth-order valence-electron chi connectivity index (χ4n) is 2.37. The van der Waals surface area contributed by atoms with Crippen molar-refractivity contribution >= 4 is 40.6 Å². The van der Waals surface area contributed by atoms with Crippen LogP contribution in [0.4, 0.5) is 17.3 Å². The van der Waals surface area contributed by atoms with Gasteiger partial charge in [-0.3, -0.25) is 9.59 Å². The summed E-state index contributed by atoms with van der Waals surface area (Å²) in [7, 11) is 1.52. The Balaban J connectivity index is 1.65. The standard InChI is InChI=1S/C20H17ClN4O3/c1-12(26)13-3-5-15(6-4-13)25-20-22-10-14(11-23-20)19(27)24-16-7-8-18(28-2)17(21)9-16/h3-11H,1-2H3,(H,24,27)(H,22,23,25). The van der Waals surface area contributed by atoms with Crippen LogP contribution in [-0.4, -0.2) is 28.8 Å². The fourth-order valence-corrected chi connectivity index (χ4v) is 2.63. The molecule has 1 heterocycles. The van der Waals surface area contributed by atoms with Gasteiger partial charge >= 0.3 is 0 Å². The van der Waals surface area contributed by atoms with Crippen molar-refractivity contribution < 1.29 is 14.3 Å². The highest BCUT2D eigenvalue weighted by Crippen LogP contribution is 2.27. The summed E-state index contributed by atoms with van der Waals surface area (Å²) in [6.07, 6.45) is 2.83. The molecule has 28 heavy (non-hydrogen) atoms. The number of halogens is 1. The third kappa shape index (κ3) is 4.63. The number of ketones is 1. The Hall–Kier alpha value is -3.45. The molecule has 2 N–H and O–H groups in total. The first-order valence-corrected chi connectivity index (χ1v) is 8.69. The monoisotopic (exact) mass is 396 g/mol. The van der Waals surface area contributed by atoms with E-state index in [9.17, 15) is 9.59 Å². The van der Waals surface area contributed by atoms with Gasteiger partial charge in [-0.05, 0) is 49.4 Å². The summed E-state index contributed by atoms with van der Waals surface area (Å²) >= 11 is 6.06. The predicted molar refractivity (Wildman–Crippen MR) is 108 cm³/mol. The molecule has 0 atom stereocenters. The highest BCUT2D eigenvalue weighted by atomic mass is 35.5. The number of methoxy groups -OCH3 is 1. The van der Waals surface area contributed by atoms with Gasteiger partial charge in [-0.15, -0.1) is 0 Å². The van der Waals surface area contributed by atoms with Gasteiger partial charge in [0, 0.05) is 29.3 Å². The summed E-state index contributed by atoms with van der Waals surface area (Å²) in [5, 5.41) is 6.13. The number of carbonyl (C=O) groups excluding carboxylic acids is 2. The van der Waals surface area contributed by atoms with Crippen molar-refractivity contribution in [3.63, 3.8) is 0 Å². The zero-order valence-electron chi connectivity index (χ0n) is 15.2. The molecule has 1 aromatic heterocycles. The van der Waals surface area contributed by atoms with Gasteiger partial charge in [-0.1, -0.05) is 11.6 Å². The van der Waals surface area contributed by atoms with Crippen LogP contribution in [0.15, 0.2) is 54.9 Å². The molecule has 0 aliphatic carbocycles. The third-order valence-electron chi connectivity index (χ3n) is 3.87. The molecule has 8 heteroatoms. The maximum atomic E-state index is 12.3. The average Bonchev–Trinajstić information content (AvgIpc) is 2.69. The first kappa shape index (κ1) is 19.3. The number of nitrogens with one attached hydrogen (secondary N) is 2. The molecule has 0 radical (unpaired) electrons. The highest BCUT2D eigenvalue weighted by Gasteiger charge is 2.10. The van der Waals surface area contributed by atoms with E-state index in [0.29, 0.717) is 33.5 Å². The van der Waals surface area contributed by atoms with E-state index in [-0.39, 0.29) is 11.7 Å². The zero-order chi connectivity index (χ0) is 20.1. The lowest BCUT2D eigenvalue weighted by atomic mass is 10.1. The van der Waals surface area contributed by atoms with Crippen molar-refractivity contribution in [3.8, 4) is 5.75 Å². The number of Topliss-reactive ketones (excluding diaryl/α,β-unsaturated/α-hetero) is 1. The van der Waals surface area contributed by atoms with E-state index in [1.165, 1.54) is 26.4 Å². The van der Waals surface area contributed by atoms with E-state index >= 15 is 0 Å². The smallest absolute Gasteiger partial charge is 0.258 e. The van der Waals surface area contributed by atoms with Crippen molar-refractivity contribution in [3.05, 3.63) is 71.0 Å². The van der Waals surface area contributed by atoms with Crippen LogP contribution in [-0.2, 0) is 0 Å². The summed E-state index contributed by atoms with van der Waals surface area (Å²) in [5.74, 6) is 0.490. The molecule has 3 aromatic rings. The van der Waals surface area contributed by atoms with Gasteiger partial charge in [0.25, 0.3) is 5.91 Å². The SMILES string of the molecule is COc1ccc(NC(=O)c2cnc(Nc3ccc(C(C)=O)cc3)nc2)cc1Cl. The molecular formula is C20H17ClN4O3. The molecule has 0 aliphatic heterocycles. The minimum Gasteiger partial charge on any atom is -0.495 e. The number of carbonyl (C=O) groups is 2. The minimum atomic E-state index is -0.362. The molecule has 0 spiro atoms. The molecule has 2 aromatic carbocycles. The number of benzene rings is 2. The number of nitrogens with zero attached hydrogens (tertiary/aromatic N) is 2. The summed E-state index contributed by atoms with van der Waals surface area (Å²) < 4.78 is 5.08. The Labute approximate surface area is 166 Å². The number of amides is 1. The van der Waals surface area contributed by atoms with Crippen LogP contribution in [0.1, 0.15) is 27.6 Å². The molecule has 0 fully saturated rings. The molecule has 0 saturated carbocycles. The van der Waals surface area contributed by atoms with E-state index in [4.69, 9.17) is 16.3 Å². The van der Waals surface area contributed by atoms with Crippen molar-refractivity contribution in [1.82, 2.24) is 9.97 Å². The lowest BCUT2D eigenvalue weighted by Gasteiger charge is -2.09. The Morgan fingerprint density at radius 1 is 0.964 bits per heavy atom. The quantitative estimate of drug-likeness (QED) is 0.602. The van der Waals surface area contributed by atoms with Crippen LogP contribution in [0, 0.1) is 0 Å². The normalized spacial score (nSPS) is 10.2. The minimum absolute atomic E-state index is 0.00341. The van der Waals surface area contributed by atoms with Gasteiger partial charge in [0.1, 0.15) is 5.75 Å². The molecule has 0 saturated heterocycles. The van der Waals surface area contributed by atoms with Gasteiger partial charge in [-0.25, -0.2) is 9.97 Å². The van der Waals surface area contributed by atoms with E-state index in [0.717, 1.165) is 5.69 Å². The number of rotatable bonds is 6. The zero-order valence-corrected chi connectivity index (χ0v) is 15.9. The summed E-state index contributed by atoms with van der Waals surface area (Å²) in [4.78, 5) is 31.9. The van der Waals surface area contributed by atoms with Gasteiger partial charge in [0.2, 0.25) is 5.95 Å². The molecule has 0 bridgehead atoms. The second-order valence-electron chi connectivity index (χ2n) is 5.86. The van der Waals surface area contributed by atoms with E-state index < -0.39 is 0 Å². The van der Waals surface area contributed by atoms with Gasteiger partial charge in [0.15, 0.2) is 5.78 Å². The van der Waals surface area contributed by atoms with Crippen LogP contribution in [0.5, 0.6) is 5.75 Å². The topological polar surface area (TPSA) is 93.2 Å². The fraction of sp³-hybridized carbons (Fsp3) is 0.100. The Kier molecular flexibility index (Phi) is 5.86. The first-order chi connectivity index (χ1) is 13.5. The molecule has 0 unspecified atom stereocenters. The van der Waals surface area contributed by atoms with Crippen LogP contribution in [0.25, 0.3) is 0 Å². The van der Waals surface area contributed by atoms with Crippen molar-refractivity contribution in [2.45, 2.75) is 6.92 Å². The second kappa shape index (κ2) is 8.49. The lowest BCUT2D eigenvalue weighted by molar-refractivity contribution is 0.101. The number of anilines is 3. The summed E-state index contributed by atoms with van der Waals surface area (Å²) in [5.41, 5.74) is 2.18. The maximum absolute atomic E-state index is 12.3. The molecule has 7 nitrogen and oxygen atoms in total. The van der Waals surface area contributed by atoms with E-state index in [1.807, 2.05) is 0 Å². The number of hydrogen-bond acceptors (Lipinski definition) is 6. The summed E-state index contributed by atoms with van der Waals surface area (Å²) in [6, 6.07) is 11.9. The van der Waals surface area contributed by atoms with Gasteiger partial charge < -0.3 is 15.4 Å². The Morgan fingerprint density at radius 3 is 2.18 bits per heavy atom. The third-order valence-corrected chi connectivity index (χ3v) is 4.17. The number of aromatic nitrogens is 2. The lowest BCUT2D eigenvalue weighted by Crippen LogP contribution is -2.13. The summed E-state index contributed by atoms with van der Waals surface area (Å²) in [6.45, 7) is 1.51. The van der Waals surface area contributed by atoms with E-state index in [1.54, 1.807) is 42.5 Å². The van der Waals surface area contributed by atoms with Crippen LogP contribution >= 0.6 is 11.6 Å². The van der Waals surface area contributed by atoms with Crippen molar-refractivity contribution in [2.24, 2.45) is 0 Å². The Morgan fingerprint density at radius 2 is 1.61 bits per heavy atom. The average molecular weight is 397 g/mol. The largest absolute Gasteiger partial charge is 0.495 e. The number of ether oxygens (including phenoxy) is 1. The second-order valence-corrected chi connectivity index (χ2v) is 6.26. The molecular weight excluding hydrogens is 380 g/mol. The predicted octanol–water partition coefficient (Wildman–Crippen LogP) is 4.34. The Bertz CT molecular complexity index is 1000. The highest BCUT2D eigenvalue weighted by molar-refractivity contribution is 6.32. The van der Waals surface area contributed by atoms with E-state index in [2.05, 4.69) is 20.6 Å².